The van der Waals surface area contributed by atoms with Gasteiger partial charge in [-0.3, -0.25) is 0 Å². The largest absolute Gasteiger partial charge is 0.432 e. The van der Waals surface area contributed by atoms with E-state index in [9.17, 15) is 30.7 Å². The fourth-order valence-electron chi connectivity index (χ4n) is 4.37. The van der Waals surface area contributed by atoms with Crippen LogP contribution in [0.25, 0.3) is 11.1 Å². The third kappa shape index (κ3) is 5.13. The van der Waals surface area contributed by atoms with E-state index >= 15 is 0 Å². The second kappa shape index (κ2) is 9.99. The molecule has 0 amide bonds. The molecule has 0 radical (unpaired) electrons. The van der Waals surface area contributed by atoms with E-state index in [2.05, 4.69) is 4.74 Å². The molecule has 1 aliphatic rings. The van der Waals surface area contributed by atoms with Crippen molar-refractivity contribution in [1.82, 2.24) is 0 Å². The molecule has 2 atom stereocenters. The second-order valence-corrected chi connectivity index (χ2v) is 8.92. The number of hydrogen-bond donors (Lipinski definition) is 0. The summed E-state index contributed by atoms with van der Waals surface area (Å²) in [4.78, 5) is 0. The normalized spacial score (nSPS) is 17.9. The van der Waals surface area contributed by atoms with Crippen LogP contribution in [0.3, 0.4) is 0 Å². The van der Waals surface area contributed by atoms with Crippen LogP contribution in [0.2, 0.25) is 0 Å². The van der Waals surface area contributed by atoms with Crippen molar-refractivity contribution < 1.29 is 35.5 Å². The Morgan fingerprint density at radius 2 is 1.44 bits per heavy atom. The van der Waals surface area contributed by atoms with Crippen molar-refractivity contribution in [1.29, 1.82) is 0 Å². The lowest BCUT2D eigenvalue weighted by molar-refractivity contribution is -0.189. The highest BCUT2D eigenvalue weighted by Crippen LogP contribution is 2.39. The summed E-state index contributed by atoms with van der Waals surface area (Å²) in [6, 6.07) is 5.99. The molecular formula is C28H23F7O. The molecule has 3 aromatic carbocycles. The minimum Gasteiger partial charge on any atom is -0.429 e. The smallest absolute Gasteiger partial charge is 0.429 e. The quantitative estimate of drug-likeness (QED) is 0.239. The van der Waals surface area contributed by atoms with E-state index in [1.54, 1.807) is 0 Å². The van der Waals surface area contributed by atoms with Crippen LogP contribution in [0.15, 0.2) is 54.6 Å². The third-order valence-electron chi connectivity index (χ3n) is 6.55. The average molecular weight is 508 g/mol. The Balaban J connectivity index is 1.59. The molecule has 0 aromatic heterocycles. The lowest BCUT2D eigenvalue weighted by Gasteiger charge is -2.24. The molecule has 190 valence electrons. The number of rotatable bonds is 6. The molecule has 3 aromatic rings. The van der Waals surface area contributed by atoms with Gasteiger partial charge in [-0.25, -0.2) is 22.0 Å². The van der Waals surface area contributed by atoms with Crippen molar-refractivity contribution in [3.8, 4) is 16.9 Å². The van der Waals surface area contributed by atoms with E-state index < -0.39 is 46.5 Å². The molecule has 0 saturated heterocycles. The summed E-state index contributed by atoms with van der Waals surface area (Å²) in [5, 5.41) is 0. The summed E-state index contributed by atoms with van der Waals surface area (Å²) < 4.78 is 106. The maximum Gasteiger partial charge on any atom is 0.432 e. The zero-order valence-corrected chi connectivity index (χ0v) is 19.5. The molecule has 1 aliphatic carbocycles. The van der Waals surface area contributed by atoms with Gasteiger partial charge in [0.25, 0.3) is 0 Å². The Morgan fingerprint density at radius 3 is 1.97 bits per heavy atom. The summed E-state index contributed by atoms with van der Waals surface area (Å²) in [5.74, 6) is -6.52. The number of hydrogen-bond acceptors (Lipinski definition) is 1. The molecule has 0 spiro atoms. The van der Waals surface area contributed by atoms with Crippen molar-refractivity contribution in [2.75, 3.05) is 0 Å². The summed E-state index contributed by atoms with van der Waals surface area (Å²) in [7, 11) is 0. The Bertz CT molecular complexity index is 1270. The monoisotopic (exact) mass is 508 g/mol. The maximum absolute atomic E-state index is 14.8. The first kappa shape index (κ1) is 25.8. The van der Waals surface area contributed by atoms with Crippen LogP contribution >= 0.6 is 0 Å². The highest BCUT2D eigenvalue weighted by Gasteiger charge is 2.41. The Morgan fingerprint density at radius 1 is 0.806 bits per heavy atom. The van der Waals surface area contributed by atoms with E-state index in [-0.39, 0.29) is 28.2 Å². The molecule has 2 unspecified atom stereocenters. The summed E-state index contributed by atoms with van der Waals surface area (Å²) in [5.41, 5.74) is -2.02. The average Bonchev–Trinajstić information content (AvgIpc) is 2.81. The van der Waals surface area contributed by atoms with Gasteiger partial charge in [0.2, 0.25) is 0 Å². The second-order valence-electron chi connectivity index (χ2n) is 8.92. The van der Waals surface area contributed by atoms with Gasteiger partial charge in [0, 0.05) is 23.1 Å². The molecule has 4 rings (SSSR count). The van der Waals surface area contributed by atoms with Gasteiger partial charge in [-0.05, 0) is 79.6 Å². The van der Waals surface area contributed by atoms with E-state index in [0.29, 0.717) is 18.4 Å². The fraction of sp³-hybridized carbons (Fsp3) is 0.286. The number of halogens is 7. The molecular weight excluding hydrogens is 485 g/mol. The lowest BCUT2D eigenvalue weighted by atomic mass is 9.83. The SMILES string of the molecule is CCC1C=CC(c2cc(F)c(C(F)(F)Oc3ccc(-c4cc(F)c(C)c(F)c4)c(F)c3)c(F)c2)CC1. The summed E-state index contributed by atoms with van der Waals surface area (Å²) >= 11 is 0. The van der Waals surface area contributed by atoms with Gasteiger partial charge >= 0.3 is 6.11 Å². The molecule has 0 bridgehead atoms. The zero-order valence-electron chi connectivity index (χ0n) is 19.5. The Labute approximate surface area is 204 Å². The van der Waals surface area contributed by atoms with Crippen LogP contribution in [-0.4, -0.2) is 0 Å². The predicted octanol–water partition coefficient (Wildman–Crippen LogP) is 8.95. The number of alkyl halides is 2. The number of ether oxygens (including phenoxy) is 1. The highest BCUT2D eigenvalue weighted by molar-refractivity contribution is 5.65. The fourth-order valence-corrected chi connectivity index (χ4v) is 4.37. The van der Waals surface area contributed by atoms with E-state index in [1.807, 2.05) is 19.1 Å². The molecule has 0 aliphatic heterocycles. The Kier molecular flexibility index (Phi) is 7.16. The van der Waals surface area contributed by atoms with Gasteiger partial charge < -0.3 is 4.74 Å². The van der Waals surface area contributed by atoms with E-state index in [4.69, 9.17) is 0 Å². The highest BCUT2D eigenvalue weighted by atomic mass is 19.3. The predicted molar refractivity (Wildman–Crippen MR) is 122 cm³/mol. The van der Waals surface area contributed by atoms with Crippen molar-refractivity contribution in [2.45, 2.75) is 45.1 Å². The van der Waals surface area contributed by atoms with Gasteiger partial charge in [-0.1, -0.05) is 19.1 Å². The van der Waals surface area contributed by atoms with Crippen LogP contribution in [0.1, 0.15) is 48.8 Å². The topological polar surface area (TPSA) is 9.23 Å². The van der Waals surface area contributed by atoms with Crippen molar-refractivity contribution in [2.24, 2.45) is 5.92 Å². The lowest BCUT2D eigenvalue weighted by Crippen LogP contribution is -2.25. The van der Waals surface area contributed by atoms with Crippen LogP contribution in [0, 0.1) is 41.9 Å². The Hall–Kier alpha value is -3.29. The van der Waals surface area contributed by atoms with E-state index in [0.717, 1.165) is 49.2 Å². The van der Waals surface area contributed by atoms with Crippen LogP contribution in [0.4, 0.5) is 30.7 Å². The third-order valence-corrected chi connectivity index (χ3v) is 6.55. The maximum atomic E-state index is 14.8. The minimum absolute atomic E-state index is 0.152. The van der Waals surface area contributed by atoms with Gasteiger partial charge in [0.05, 0.1) is 0 Å². The molecule has 0 fully saturated rings. The molecule has 8 heteroatoms. The van der Waals surface area contributed by atoms with Crippen LogP contribution in [-0.2, 0) is 6.11 Å². The molecule has 36 heavy (non-hydrogen) atoms. The molecule has 1 nitrogen and oxygen atoms in total. The first-order valence-electron chi connectivity index (χ1n) is 11.5. The standard InChI is InChI=1S/C28H23F7O/c1-3-16-4-6-17(7-5-16)18-10-25(32)27(26(33)11-18)28(34,35)36-20-8-9-21(24(31)14-20)19-12-22(29)15(2)23(30)13-19/h4,6,8-14,16-17H,3,5,7H2,1-2H3. The van der Waals surface area contributed by atoms with E-state index in [1.165, 1.54) is 6.92 Å². The molecule has 0 saturated carbocycles. The first-order valence-corrected chi connectivity index (χ1v) is 11.5. The van der Waals surface area contributed by atoms with Crippen molar-refractivity contribution in [3.05, 3.63) is 100 Å². The summed E-state index contributed by atoms with van der Waals surface area (Å²) in [6.07, 6.45) is 1.74. The molecule has 0 heterocycles. The number of allylic oxidation sites excluding steroid dienone is 2. The van der Waals surface area contributed by atoms with Crippen molar-refractivity contribution in [3.63, 3.8) is 0 Å². The molecule has 0 N–H and O–H groups in total. The van der Waals surface area contributed by atoms with Gasteiger partial charge in [-0.15, -0.1) is 0 Å². The van der Waals surface area contributed by atoms with Gasteiger partial charge in [0.15, 0.2) is 0 Å². The minimum atomic E-state index is -4.46. The van der Waals surface area contributed by atoms with Crippen LogP contribution in [0.5, 0.6) is 5.75 Å². The van der Waals surface area contributed by atoms with Gasteiger partial charge in [0.1, 0.15) is 40.4 Å². The summed E-state index contributed by atoms with van der Waals surface area (Å²) in [6.45, 7) is 3.25. The van der Waals surface area contributed by atoms with Crippen molar-refractivity contribution >= 4 is 0 Å². The number of benzene rings is 3. The van der Waals surface area contributed by atoms with Gasteiger partial charge in [-0.2, -0.15) is 8.78 Å². The zero-order chi connectivity index (χ0) is 26.2. The first-order chi connectivity index (χ1) is 17.0. The van der Waals surface area contributed by atoms with Crippen LogP contribution < -0.4 is 4.74 Å².